The molecule has 7 heteroatoms. The Morgan fingerprint density at radius 3 is 2.64 bits per heavy atom. The molecule has 0 amide bonds. The second-order valence-corrected chi connectivity index (χ2v) is 16.1. The fourth-order valence-electron chi connectivity index (χ4n) is 5.00. The molecule has 0 unspecified atom stereocenters. The van der Waals surface area contributed by atoms with Gasteiger partial charge in [-0.05, 0) is 71.9 Å². The molecule has 4 heterocycles. The minimum absolute atomic E-state index is 0.0140. The van der Waals surface area contributed by atoms with Crippen LogP contribution in [0.15, 0.2) is 35.3 Å². The van der Waals surface area contributed by atoms with Crippen molar-refractivity contribution in [2.45, 2.75) is 71.8 Å². The minimum Gasteiger partial charge on any atom is -0.497 e. The van der Waals surface area contributed by atoms with Gasteiger partial charge in [-0.25, -0.2) is 4.98 Å². The molecular weight excluding hydrogens is 468 g/mol. The number of aromatic nitrogens is 2. The molecule has 36 heavy (non-hydrogen) atoms. The SMILES string of the molecule is CCc1c2c(nc3ccc(OC)cc13)-c1cc3c(c(=O)n1C2)COC=C3CCO[Si](C)(C)C(C)(C)C. The van der Waals surface area contributed by atoms with Crippen molar-refractivity contribution in [1.82, 2.24) is 9.55 Å². The number of hydrogen-bond acceptors (Lipinski definition) is 5. The van der Waals surface area contributed by atoms with E-state index in [-0.39, 0.29) is 10.6 Å². The summed E-state index contributed by atoms with van der Waals surface area (Å²) < 4.78 is 19.5. The number of benzene rings is 1. The summed E-state index contributed by atoms with van der Waals surface area (Å²) in [6.07, 6.45) is 3.37. The predicted octanol–water partition coefficient (Wildman–Crippen LogP) is 6.28. The van der Waals surface area contributed by atoms with Gasteiger partial charge < -0.3 is 18.5 Å². The topological polar surface area (TPSA) is 62.6 Å². The number of aryl methyl sites for hydroxylation is 1. The van der Waals surface area contributed by atoms with Crippen molar-refractivity contribution in [2.75, 3.05) is 13.7 Å². The van der Waals surface area contributed by atoms with Crippen LogP contribution >= 0.6 is 0 Å². The van der Waals surface area contributed by atoms with E-state index in [1.807, 2.05) is 16.7 Å². The Labute approximate surface area is 214 Å². The van der Waals surface area contributed by atoms with E-state index in [1.165, 1.54) is 5.56 Å². The molecule has 0 bridgehead atoms. The van der Waals surface area contributed by atoms with Gasteiger partial charge in [0.2, 0.25) is 0 Å². The Morgan fingerprint density at radius 2 is 1.94 bits per heavy atom. The summed E-state index contributed by atoms with van der Waals surface area (Å²) >= 11 is 0. The number of ether oxygens (including phenoxy) is 2. The summed E-state index contributed by atoms with van der Waals surface area (Å²) in [4.78, 5) is 18.7. The highest BCUT2D eigenvalue weighted by atomic mass is 28.4. The second-order valence-electron chi connectivity index (χ2n) is 11.3. The average Bonchev–Trinajstić information content (AvgIpc) is 3.20. The number of methoxy groups -OCH3 is 1. The fourth-order valence-corrected chi connectivity index (χ4v) is 6.05. The first-order valence-corrected chi connectivity index (χ1v) is 15.7. The van der Waals surface area contributed by atoms with E-state index in [0.29, 0.717) is 26.2 Å². The first-order chi connectivity index (χ1) is 17.1. The molecule has 0 saturated carbocycles. The van der Waals surface area contributed by atoms with E-state index >= 15 is 0 Å². The molecule has 2 aliphatic heterocycles. The number of rotatable bonds is 6. The Kier molecular flexibility index (Phi) is 6.12. The van der Waals surface area contributed by atoms with Gasteiger partial charge >= 0.3 is 0 Å². The second kappa shape index (κ2) is 8.89. The summed E-state index contributed by atoms with van der Waals surface area (Å²) in [7, 11) is -0.174. The van der Waals surface area contributed by atoms with Gasteiger partial charge in [0.1, 0.15) is 12.4 Å². The molecule has 0 radical (unpaired) electrons. The Hall–Kier alpha value is -2.90. The van der Waals surface area contributed by atoms with Gasteiger partial charge in [0, 0.05) is 17.6 Å². The van der Waals surface area contributed by atoms with Gasteiger partial charge in [0.15, 0.2) is 8.32 Å². The van der Waals surface area contributed by atoms with Crippen LogP contribution in [0.3, 0.4) is 0 Å². The lowest BCUT2D eigenvalue weighted by molar-refractivity contribution is 0.227. The molecule has 1 aromatic carbocycles. The van der Waals surface area contributed by atoms with E-state index in [9.17, 15) is 4.79 Å². The third-order valence-electron chi connectivity index (χ3n) is 8.16. The fraction of sp³-hybridized carbons (Fsp3) is 0.448. The quantitative estimate of drug-likeness (QED) is 0.289. The van der Waals surface area contributed by atoms with Crippen LogP contribution in [0.4, 0.5) is 0 Å². The van der Waals surface area contributed by atoms with Gasteiger partial charge in [0.05, 0.1) is 42.4 Å². The van der Waals surface area contributed by atoms with Crippen LogP contribution in [0.2, 0.25) is 18.1 Å². The lowest BCUT2D eigenvalue weighted by Crippen LogP contribution is -2.41. The maximum atomic E-state index is 13.7. The maximum absolute atomic E-state index is 13.7. The zero-order valence-corrected chi connectivity index (χ0v) is 23.4. The van der Waals surface area contributed by atoms with Gasteiger partial charge in [-0.1, -0.05) is 27.7 Å². The highest BCUT2D eigenvalue weighted by Crippen LogP contribution is 2.40. The zero-order chi connectivity index (χ0) is 25.8. The molecule has 0 atom stereocenters. The van der Waals surface area contributed by atoms with Crippen LogP contribution in [-0.4, -0.2) is 31.6 Å². The first-order valence-electron chi connectivity index (χ1n) is 12.8. The largest absolute Gasteiger partial charge is 0.497 e. The van der Waals surface area contributed by atoms with Crippen LogP contribution < -0.4 is 10.3 Å². The normalized spacial score (nSPS) is 14.7. The van der Waals surface area contributed by atoms with Crippen LogP contribution in [0.1, 0.15) is 56.4 Å². The number of pyridine rings is 2. The molecule has 0 saturated heterocycles. The van der Waals surface area contributed by atoms with Crippen molar-refractivity contribution in [3.63, 3.8) is 0 Å². The van der Waals surface area contributed by atoms with Crippen molar-refractivity contribution < 1.29 is 13.9 Å². The molecule has 5 rings (SSSR count). The van der Waals surface area contributed by atoms with Crippen LogP contribution in [0.5, 0.6) is 5.75 Å². The van der Waals surface area contributed by atoms with Crippen LogP contribution in [-0.2, 0) is 28.7 Å². The third kappa shape index (κ3) is 3.98. The lowest BCUT2D eigenvalue weighted by atomic mass is 9.96. The minimum atomic E-state index is -1.85. The van der Waals surface area contributed by atoms with E-state index in [0.717, 1.165) is 56.7 Å². The van der Waals surface area contributed by atoms with Crippen molar-refractivity contribution in [3.05, 3.63) is 63.1 Å². The predicted molar refractivity (Wildman–Crippen MR) is 147 cm³/mol. The first kappa shape index (κ1) is 24.8. The van der Waals surface area contributed by atoms with E-state index < -0.39 is 8.32 Å². The summed E-state index contributed by atoms with van der Waals surface area (Å²) in [5.41, 5.74) is 7.80. The summed E-state index contributed by atoms with van der Waals surface area (Å²) in [6.45, 7) is 14.9. The molecule has 2 aliphatic rings. The molecular formula is C29H36N2O4Si. The Bertz CT molecular complexity index is 1450. The lowest BCUT2D eigenvalue weighted by Gasteiger charge is -2.36. The molecule has 2 aromatic heterocycles. The summed E-state index contributed by atoms with van der Waals surface area (Å²) in [5.74, 6) is 0.814. The van der Waals surface area contributed by atoms with Crippen molar-refractivity contribution in [3.8, 4) is 17.1 Å². The van der Waals surface area contributed by atoms with Crippen LogP contribution in [0.25, 0.3) is 27.9 Å². The smallest absolute Gasteiger partial charge is 0.258 e. The molecule has 0 fully saturated rings. The highest BCUT2D eigenvalue weighted by molar-refractivity contribution is 6.74. The molecule has 6 nitrogen and oxygen atoms in total. The van der Waals surface area contributed by atoms with Crippen molar-refractivity contribution >= 4 is 24.8 Å². The average molecular weight is 505 g/mol. The molecule has 0 aliphatic carbocycles. The van der Waals surface area contributed by atoms with Crippen LogP contribution in [0, 0.1) is 0 Å². The van der Waals surface area contributed by atoms with E-state index in [1.54, 1.807) is 13.4 Å². The number of hydrogen-bond donors (Lipinski definition) is 0. The van der Waals surface area contributed by atoms with Gasteiger partial charge in [-0.2, -0.15) is 0 Å². The van der Waals surface area contributed by atoms with Gasteiger partial charge in [0.25, 0.3) is 5.56 Å². The van der Waals surface area contributed by atoms with Gasteiger partial charge in [-0.3, -0.25) is 4.79 Å². The van der Waals surface area contributed by atoms with Gasteiger partial charge in [-0.15, -0.1) is 0 Å². The summed E-state index contributed by atoms with van der Waals surface area (Å²) in [6, 6.07) is 8.14. The number of fused-ring (bicyclic) bond motifs is 5. The third-order valence-corrected chi connectivity index (χ3v) is 12.7. The highest BCUT2D eigenvalue weighted by Gasteiger charge is 2.37. The molecule has 190 valence electrons. The van der Waals surface area contributed by atoms with Crippen molar-refractivity contribution in [2.24, 2.45) is 0 Å². The monoisotopic (exact) mass is 504 g/mol. The molecule has 3 aromatic rings. The summed E-state index contributed by atoms with van der Waals surface area (Å²) in [5, 5.41) is 1.24. The number of nitrogens with zero attached hydrogens (tertiary/aromatic N) is 2. The van der Waals surface area contributed by atoms with E-state index in [4.69, 9.17) is 18.9 Å². The standard InChI is InChI=1S/C29H36N2O4Si/c1-8-20-22-13-19(33-5)9-10-25(22)30-27-23(20)15-31-26(27)14-21-18(16-34-17-24(21)28(31)32)11-12-35-36(6,7)29(2,3)4/h9-10,13-14,16H,8,11-12,15,17H2,1-7H3. The zero-order valence-electron chi connectivity index (χ0n) is 22.4. The van der Waals surface area contributed by atoms with E-state index in [2.05, 4.69) is 52.9 Å². The Morgan fingerprint density at radius 1 is 1.17 bits per heavy atom. The Balaban J connectivity index is 1.55. The van der Waals surface area contributed by atoms with Crippen molar-refractivity contribution in [1.29, 1.82) is 0 Å². The molecule has 0 N–H and O–H groups in total. The maximum Gasteiger partial charge on any atom is 0.258 e. The molecule has 0 spiro atoms.